The SMILES string of the molecule is CCCCC(C)(F)[C@@H](/C=C/[C@@H]1[C@H]2C(F)[C@H](C(I)CCCC(=O)OC)O[C@@H]2C[C@H]1C)OC1CCCCO1. The molecule has 2 saturated heterocycles. The average Bonchev–Trinajstić information content (AvgIpc) is 3.35. The quantitative estimate of drug-likeness (QED) is 0.0965. The van der Waals surface area contributed by atoms with Crippen LogP contribution in [0.5, 0.6) is 0 Å². The van der Waals surface area contributed by atoms with Crippen LogP contribution in [0.2, 0.25) is 0 Å². The van der Waals surface area contributed by atoms with Crippen LogP contribution in [0.4, 0.5) is 8.78 Å². The van der Waals surface area contributed by atoms with E-state index in [4.69, 9.17) is 18.9 Å². The minimum absolute atomic E-state index is 0.0181. The summed E-state index contributed by atoms with van der Waals surface area (Å²) in [6.07, 6.45) is 8.40. The van der Waals surface area contributed by atoms with E-state index in [1.165, 1.54) is 7.11 Å². The third kappa shape index (κ3) is 7.85. The van der Waals surface area contributed by atoms with Gasteiger partial charge in [-0.25, -0.2) is 8.78 Å². The van der Waals surface area contributed by atoms with E-state index in [-0.39, 0.29) is 33.8 Å². The van der Waals surface area contributed by atoms with E-state index in [0.717, 1.165) is 38.5 Å². The summed E-state index contributed by atoms with van der Waals surface area (Å²) < 4.78 is 54.4. The molecule has 0 radical (unpaired) electrons. The van der Waals surface area contributed by atoms with Gasteiger partial charge in [0.05, 0.1) is 13.2 Å². The molecule has 208 valence electrons. The number of fused-ring (bicyclic) bond motifs is 1. The van der Waals surface area contributed by atoms with Gasteiger partial charge in [0.15, 0.2) is 6.29 Å². The van der Waals surface area contributed by atoms with Crippen LogP contribution in [-0.2, 0) is 23.7 Å². The lowest BCUT2D eigenvalue weighted by Gasteiger charge is -2.34. The molecule has 4 unspecified atom stereocenters. The Labute approximate surface area is 229 Å². The highest BCUT2D eigenvalue weighted by atomic mass is 127. The van der Waals surface area contributed by atoms with Crippen molar-refractivity contribution in [3.8, 4) is 0 Å². The number of methoxy groups -OCH3 is 1. The first-order chi connectivity index (χ1) is 17.2. The van der Waals surface area contributed by atoms with Crippen molar-refractivity contribution < 1.29 is 32.5 Å². The molecular formula is C28H45F2IO5. The monoisotopic (exact) mass is 626 g/mol. The van der Waals surface area contributed by atoms with Crippen molar-refractivity contribution >= 4 is 28.6 Å². The first-order valence-electron chi connectivity index (χ1n) is 13.8. The fourth-order valence-electron chi connectivity index (χ4n) is 5.94. The van der Waals surface area contributed by atoms with Crippen LogP contribution in [-0.4, -0.2) is 60.1 Å². The summed E-state index contributed by atoms with van der Waals surface area (Å²) in [5, 5.41) is 0. The molecule has 36 heavy (non-hydrogen) atoms. The molecule has 2 aliphatic heterocycles. The number of carbonyl (C=O) groups excluding carboxylic acids is 1. The molecule has 0 aromatic rings. The highest BCUT2D eigenvalue weighted by Gasteiger charge is 2.55. The number of carbonyl (C=O) groups is 1. The van der Waals surface area contributed by atoms with Crippen LogP contribution in [0.15, 0.2) is 12.2 Å². The third-order valence-corrected chi connectivity index (χ3v) is 9.48. The van der Waals surface area contributed by atoms with Crippen LogP contribution in [0.3, 0.4) is 0 Å². The van der Waals surface area contributed by atoms with Crippen LogP contribution in [0.1, 0.15) is 85.0 Å². The molecule has 10 atom stereocenters. The van der Waals surface area contributed by atoms with Gasteiger partial charge in [0.25, 0.3) is 0 Å². The van der Waals surface area contributed by atoms with E-state index < -0.39 is 30.3 Å². The Kier molecular flexibility index (Phi) is 11.9. The van der Waals surface area contributed by atoms with Crippen LogP contribution >= 0.6 is 22.6 Å². The summed E-state index contributed by atoms with van der Waals surface area (Å²) in [4.78, 5) is 11.4. The molecule has 0 bridgehead atoms. The molecule has 0 N–H and O–H groups in total. The average molecular weight is 627 g/mol. The first-order valence-corrected chi connectivity index (χ1v) is 15.1. The minimum atomic E-state index is -1.52. The van der Waals surface area contributed by atoms with Crippen LogP contribution < -0.4 is 0 Å². The summed E-state index contributed by atoms with van der Waals surface area (Å²) in [7, 11) is 1.38. The fourth-order valence-corrected chi connectivity index (χ4v) is 6.95. The number of hydrogen-bond donors (Lipinski definition) is 0. The number of unbranched alkanes of at least 4 members (excludes halogenated alkanes) is 1. The molecule has 0 aromatic heterocycles. The number of halogens is 3. The Bertz CT molecular complexity index is 714. The van der Waals surface area contributed by atoms with Crippen molar-refractivity contribution in [1.82, 2.24) is 0 Å². The number of hydrogen-bond acceptors (Lipinski definition) is 5. The maximum atomic E-state index is 15.8. The summed E-state index contributed by atoms with van der Waals surface area (Å²) in [5.41, 5.74) is -1.52. The van der Waals surface area contributed by atoms with Crippen LogP contribution in [0, 0.1) is 17.8 Å². The van der Waals surface area contributed by atoms with E-state index in [1.807, 2.05) is 12.2 Å². The van der Waals surface area contributed by atoms with E-state index in [0.29, 0.717) is 32.3 Å². The van der Waals surface area contributed by atoms with Gasteiger partial charge in [-0.15, -0.1) is 0 Å². The third-order valence-electron chi connectivity index (χ3n) is 8.15. The maximum absolute atomic E-state index is 15.8. The van der Waals surface area contributed by atoms with Crippen molar-refractivity contribution in [1.29, 1.82) is 0 Å². The van der Waals surface area contributed by atoms with Gasteiger partial charge >= 0.3 is 5.97 Å². The smallest absolute Gasteiger partial charge is 0.305 e. The van der Waals surface area contributed by atoms with Gasteiger partial charge in [-0.05, 0) is 63.7 Å². The highest BCUT2D eigenvalue weighted by molar-refractivity contribution is 14.1. The van der Waals surface area contributed by atoms with E-state index in [2.05, 4.69) is 36.4 Å². The molecule has 1 aliphatic carbocycles. The van der Waals surface area contributed by atoms with Gasteiger partial charge < -0.3 is 18.9 Å². The van der Waals surface area contributed by atoms with E-state index in [1.54, 1.807) is 6.92 Å². The summed E-state index contributed by atoms with van der Waals surface area (Å²) in [6, 6.07) is 0. The zero-order chi connectivity index (χ0) is 26.3. The number of allylic oxidation sites excluding steroid dienone is 1. The molecule has 3 aliphatic rings. The lowest BCUT2D eigenvalue weighted by atomic mass is 9.84. The Hall–Kier alpha value is -0.320. The van der Waals surface area contributed by atoms with Crippen molar-refractivity contribution in [2.24, 2.45) is 17.8 Å². The number of ether oxygens (including phenoxy) is 4. The van der Waals surface area contributed by atoms with Gasteiger partial charge in [-0.2, -0.15) is 0 Å². The summed E-state index contributed by atoms with van der Waals surface area (Å²) in [5.74, 6) is -0.274. The van der Waals surface area contributed by atoms with Crippen molar-refractivity contribution in [3.63, 3.8) is 0 Å². The topological polar surface area (TPSA) is 54.0 Å². The van der Waals surface area contributed by atoms with E-state index >= 15 is 8.78 Å². The lowest BCUT2D eigenvalue weighted by Crippen LogP contribution is -2.40. The van der Waals surface area contributed by atoms with Crippen molar-refractivity contribution in [3.05, 3.63) is 12.2 Å². The minimum Gasteiger partial charge on any atom is -0.469 e. The van der Waals surface area contributed by atoms with Crippen molar-refractivity contribution in [2.45, 2.75) is 125 Å². The van der Waals surface area contributed by atoms with Gasteiger partial charge in [0, 0.05) is 22.9 Å². The van der Waals surface area contributed by atoms with Gasteiger partial charge in [0.2, 0.25) is 0 Å². The molecule has 5 nitrogen and oxygen atoms in total. The van der Waals surface area contributed by atoms with Gasteiger partial charge in [-0.3, -0.25) is 4.79 Å². The Morgan fingerprint density at radius 3 is 2.75 bits per heavy atom. The number of rotatable bonds is 13. The molecule has 2 heterocycles. The standard InChI is InChI=1S/C28H45F2IO5/c1-5-6-15-28(3,30)22(36-24-12-7-8-16-34-24)14-13-19-18(2)17-21-25(19)26(29)27(35-21)20(31)10-9-11-23(32)33-4/h13-14,18-22,24-27H,5-12,15-17H2,1-4H3/b14-13+/t18-,19+,20?,21-,22-,24?,25-,26?,27+,28?/m1/s1. The molecular weight excluding hydrogens is 581 g/mol. The Balaban J connectivity index is 1.67. The normalized spacial score (nSPS) is 35.9. The molecule has 0 spiro atoms. The number of esters is 1. The summed E-state index contributed by atoms with van der Waals surface area (Å²) >= 11 is 2.26. The second-order valence-corrected chi connectivity index (χ2v) is 12.7. The van der Waals surface area contributed by atoms with Gasteiger partial charge in [0.1, 0.15) is 24.0 Å². The highest BCUT2D eigenvalue weighted by Crippen LogP contribution is 2.50. The Morgan fingerprint density at radius 1 is 1.31 bits per heavy atom. The predicted octanol–water partition coefficient (Wildman–Crippen LogP) is 6.90. The zero-order valence-corrected chi connectivity index (χ0v) is 24.5. The van der Waals surface area contributed by atoms with Crippen molar-refractivity contribution in [2.75, 3.05) is 13.7 Å². The fraction of sp³-hybridized carbons (Fsp3) is 0.893. The molecule has 1 saturated carbocycles. The largest absolute Gasteiger partial charge is 0.469 e. The summed E-state index contributed by atoms with van der Waals surface area (Å²) in [6.45, 7) is 6.44. The second-order valence-electron chi connectivity index (χ2n) is 11.1. The Morgan fingerprint density at radius 2 is 2.08 bits per heavy atom. The number of alkyl halides is 3. The molecule has 0 amide bonds. The van der Waals surface area contributed by atoms with E-state index in [9.17, 15) is 4.79 Å². The van der Waals surface area contributed by atoms with Crippen LogP contribution in [0.25, 0.3) is 0 Å². The molecule has 8 heteroatoms. The molecule has 3 rings (SSSR count). The molecule has 3 fully saturated rings. The second kappa shape index (κ2) is 14.2. The molecule has 0 aromatic carbocycles. The maximum Gasteiger partial charge on any atom is 0.305 e. The predicted molar refractivity (Wildman–Crippen MR) is 145 cm³/mol. The first kappa shape index (κ1) is 30.2. The lowest BCUT2D eigenvalue weighted by molar-refractivity contribution is -0.201. The zero-order valence-electron chi connectivity index (χ0n) is 22.3. The van der Waals surface area contributed by atoms with Gasteiger partial charge in [-0.1, -0.05) is 61.4 Å².